The van der Waals surface area contributed by atoms with Crippen LogP contribution in [0.1, 0.15) is 18.7 Å². The van der Waals surface area contributed by atoms with Crippen molar-refractivity contribution in [2.24, 2.45) is 5.92 Å². The van der Waals surface area contributed by atoms with E-state index in [-0.39, 0.29) is 6.03 Å². The van der Waals surface area contributed by atoms with Gasteiger partial charge in [0.1, 0.15) is 0 Å². The first-order valence-corrected chi connectivity index (χ1v) is 9.70. The summed E-state index contributed by atoms with van der Waals surface area (Å²) in [5.74, 6) is 1.68. The zero-order valence-corrected chi connectivity index (χ0v) is 14.9. The lowest BCUT2D eigenvalue weighted by molar-refractivity contribution is 0.0389. The number of piperidine rings is 1. The Labute approximate surface area is 150 Å². The first-order chi connectivity index (χ1) is 12.3. The Morgan fingerprint density at radius 1 is 1.28 bits per heavy atom. The fraction of sp³-hybridized carbons (Fsp3) is 0.588. The molecule has 4 rings (SSSR count). The van der Waals surface area contributed by atoms with Gasteiger partial charge in [-0.05, 0) is 30.2 Å². The third-order valence-electron chi connectivity index (χ3n) is 4.78. The minimum absolute atomic E-state index is 0.137. The molecule has 2 aromatic heterocycles. The van der Waals surface area contributed by atoms with Crippen LogP contribution in [0.3, 0.4) is 0 Å². The maximum Gasteiger partial charge on any atom is 0.320 e. The van der Waals surface area contributed by atoms with Gasteiger partial charge in [0.15, 0.2) is 0 Å². The largest absolute Gasteiger partial charge is 0.378 e. The summed E-state index contributed by atoms with van der Waals surface area (Å²) in [5, 5.41) is 8.08. The number of carbonyl (C=O) groups excluding carboxylic acids is 1. The van der Waals surface area contributed by atoms with Gasteiger partial charge in [0.25, 0.3) is 0 Å². The van der Waals surface area contributed by atoms with Gasteiger partial charge < -0.3 is 19.1 Å². The van der Waals surface area contributed by atoms with Crippen LogP contribution in [0.15, 0.2) is 21.3 Å². The number of carbonyl (C=O) groups is 1. The minimum atomic E-state index is 0.137. The van der Waals surface area contributed by atoms with Crippen LogP contribution in [0.25, 0.3) is 11.4 Å². The molecule has 0 aromatic carbocycles. The number of urea groups is 1. The number of hydrogen-bond acceptors (Lipinski definition) is 6. The topological polar surface area (TPSA) is 71.7 Å². The highest BCUT2D eigenvalue weighted by atomic mass is 32.1. The van der Waals surface area contributed by atoms with E-state index in [4.69, 9.17) is 9.26 Å². The predicted octanol–water partition coefficient (Wildman–Crippen LogP) is 2.50. The Balaban J connectivity index is 1.36. The summed E-state index contributed by atoms with van der Waals surface area (Å²) in [6.45, 7) is 4.23. The molecule has 1 atom stereocenters. The van der Waals surface area contributed by atoms with E-state index in [2.05, 4.69) is 10.1 Å². The minimum Gasteiger partial charge on any atom is -0.378 e. The molecular formula is C17H22N4O3S. The third-order valence-corrected chi connectivity index (χ3v) is 5.47. The summed E-state index contributed by atoms with van der Waals surface area (Å²) in [7, 11) is 0. The van der Waals surface area contributed by atoms with Gasteiger partial charge in [-0.25, -0.2) is 4.79 Å². The molecule has 134 valence electrons. The van der Waals surface area contributed by atoms with Gasteiger partial charge in [-0.3, -0.25) is 0 Å². The lowest BCUT2D eigenvalue weighted by atomic mass is 9.95. The standard InChI is InChI=1S/C17H22N4O3S/c22-17(20-5-7-23-8-6-20)21-4-1-2-13(11-21)10-15-18-16(19-24-15)14-3-9-25-12-14/h3,9,12-13H,1-2,4-8,10-11H2/t13-/m1/s1. The highest BCUT2D eigenvalue weighted by Crippen LogP contribution is 2.24. The van der Waals surface area contributed by atoms with E-state index in [0.29, 0.717) is 43.9 Å². The van der Waals surface area contributed by atoms with Crippen molar-refractivity contribution in [2.75, 3.05) is 39.4 Å². The summed E-state index contributed by atoms with van der Waals surface area (Å²) >= 11 is 1.62. The second-order valence-corrected chi connectivity index (χ2v) is 7.34. The van der Waals surface area contributed by atoms with Crippen molar-refractivity contribution in [3.8, 4) is 11.4 Å². The highest BCUT2D eigenvalue weighted by molar-refractivity contribution is 7.08. The van der Waals surface area contributed by atoms with E-state index >= 15 is 0 Å². The lowest BCUT2D eigenvalue weighted by Gasteiger charge is -2.37. The first kappa shape index (κ1) is 16.5. The Kier molecular flexibility index (Phi) is 4.98. The SMILES string of the molecule is O=C(N1CCOCC1)N1CCC[C@H](Cc2nc(-c3ccsc3)no2)C1. The smallest absolute Gasteiger partial charge is 0.320 e. The van der Waals surface area contributed by atoms with Gasteiger partial charge in [0, 0.05) is 43.5 Å². The molecule has 0 radical (unpaired) electrons. The van der Waals surface area contributed by atoms with E-state index in [9.17, 15) is 4.79 Å². The number of likely N-dealkylation sites (tertiary alicyclic amines) is 1. The number of morpholine rings is 1. The maximum atomic E-state index is 12.7. The van der Waals surface area contributed by atoms with Crippen LogP contribution in [0.5, 0.6) is 0 Å². The van der Waals surface area contributed by atoms with Crippen LogP contribution in [0, 0.1) is 5.92 Å². The summed E-state index contributed by atoms with van der Waals surface area (Å²) in [4.78, 5) is 21.0. The second kappa shape index (κ2) is 7.53. The molecule has 25 heavy (non-hydrogen) atoms. The van der Waals surface area contributed by atoms with Gasteiger partial charge >= 0.3 is 6.03 Å². The Hall–Kier alpha value is -1.93. The molecule has 0 saturated carbocycles. The Morgan fingerprint density at radius 3 is 2.96 bits per heavy atom. The van der Waals surface area contributed by atoms with Crippen molar-refractivity contribution >= 4 is 17.4 Å². The molecule has 2 aromatic rings. The molecule has 2 amide bonds. The number of thiophene rings is 1. The fourth-order valence-corrected chi connectivity index (χ4v) is 4.09. The van der Waals surface area contributed by atoms with Gasteiger partial charge in [-0.2, -0.15) is 16.3 Å². The van der Waals surface area contributed by atoms with E-state index in [1.165, 1.54) is 0 Å². The summed E-state index contributed by atoms with van der Waals surface area (Å²) in [6, 6.07) is 2.13. The molecule has 7 nitrogen and oxygen atoms in total. The van der Waals surface area contributed by atoms with E-state index in [0.717, 1.165) is 37.9 Å². The summed E-state index contributed by atoms with van der Waals surface area (Å²) in [5.41, 5.74) is 0.993. The summed E-state index contributed by atoms with van der Waals surface area (Å²) < 4.78 is 10.7. The summed E-state index contributed by atoms with van der Waals surface area (Å²) in [6.07, 6.45) is 2.83. The zero-order valence-electron chi connectivity index (χ0n) is 14.1. The average molecular weight is 362 g/mol. The van der Waals surface area contributed by atoms with Crippen molar-refractivity contribution in [3.63, 3.8) is 0 Å². The van der Waals surface area contributed by atoms with Crippen LogP contribution in [0.4, 0.5) is 4.79 Å². The molecule has 2 saturated heterocycles. The van der Waals surface area contributed by atoms with Crippen LogP contribution in [-0.2, 0) is 11.2 Å². The average Bonchev–Trinajstić information content (AvgIpc) is 3.34. The predicted molar refractivity (Wildman–Crippen MR) is 93.4 cm³/mol. The normalized spacial score (nSPS) is 21.5. The van der Waals surface area contributed by atoms with Crippen molar-refractivity contribution < 1.29 is 14.1 Å². The quantitative estimate of drug-likeness (QED) is 0.839. The van der Waals surface area contributed by atoms with Crippen molar-refractivity contribution in [1.29, 1.82) is 0 Å². The van der Waals surface area contributed by atoms with E-state index in [1.807, 2.05) is 26.6 Å². The van der Waals surface area contributed by atoms with Crippen molar-refractivity contribution in [2.45, 2.75) is 19.3 Å². The highest BCUT2D eigenvalue weighted by Gasteiger charge is 2.29. The number of rotatable bonds is 3. The number of hydrogen-bond donors (Lipinski definition) is 0. The van der Waals surface area contributed by atoms with Crippen molar-refractivity contribution in [1.82, 2.24) is 19.9 Å². The van der Waals surface area contributed by atoms with Gasteiger partial charge in [0.05, 0.1) is 13.2 Å². The van der Waals surface area contributed by atoms with Gasteiger partial charge in [-0.1, -0.05) is 5.16 Å². The van der Waals surface area contributed by atoms with Crippen LogP contribution >= 0.6 is 11.3 Å². The monoisotopic (exact) mass is 362 g/mol. The zero-order chi connectivity index (χ0) is 17.1. The van der Waals surface area contributed by atoms with E-state index in [1.54, 1.807) is 11.3 Å². The lowest BCUT2D eigenvalue weighted by Crippen LogP contribution is -2.51. The molecule has 0 spiro atoms. The molecule has 2 aliphatic rings. The molecule has 4 heterocycles. The number of nitrogens with zero attached hydrogens (tertiary/aromatic N) is 4. The number of ether oxygens (including phenoxy) is 1. The second-order valence-electron chi connectivity index (χ2n) is 6.56. The molecular weight excluding hydrogens is 340 g/mol. The molecule has 0 N–H and O–H groups in total. The molecule has 0 bridgehead atoms. The number of amides is 2. The maximum absolute atomic E-state index is 12.7. The Bertz CT molecular complexity index is 697. The third kappa shape index (κ3) is 3.85. The molecule has 2 aliphatic heterocycles. The van der Waals surface area contributed by atoms with Crippen LogP contribution < -0.4 is 0 Å². The molecule has 8 heteroatoms. The van der Waals surface area contributed by atoms with Crippen LogP contribution in [0.2, 0.25) is 0 Å². The van der Waals surface area contributed by atoms with E-state index < -0.39 is 0 Å². The van der Waals surface area contributed by atoms with Gasteiger partial charge in [-0.15, -0.1) is 0 Å². The first-order valence-electron chi connectivity index (χ1n) is 8.76. The van der Waals surface area contributed by atoms with Crippen LogP contribution in [-0.4, -0.2) is 65.4 Å². The van der Waals surface area contributed by atoms with Crippen molar-refractivity contribution in [3.05, 3.63) is 22.7 Å². The molecule has 2 fully saturated rings. The molecule has 0 unspecified atom stereocenters. The fourth-order valence-electron chi connectivity index (χ4n) is 3.45. The molecule has 0 aliphatic carbocycles. The Morgan fingerprint density at radius 2 is 2.16 bits per heavy atom. The van der Waals surface area contributed by atoms with Gasteiger partial charge in [0.2, 0.25) is 11.7 Å². The number of aromatic nitrogens is 2.